The standard InChI is InChI=1S/C21H28O3S/c22-20(23)11-7-2-1-6-10-17-18-12-13-19(24-18)21(17)25-15-14-16-8-4-3-5-9-16/h1,3-6,8-9,17-19,21H,2,7,10-15H2,(H,22,23)/t17-,18+,19-,21-/m0/s1. The molecule has 4 heteroatoms. The predicted octanol–water partition coefficient (Wildman–Crippen LogP) is 4.71. The topological polar surface area (TPSA) is 46.5 Å². The minimum Gasteiger partial charge on any atom is -0.481 e. The molecule has 0 amide bonds. The van der Waals surface area contributed by atoms with Crippen molar-refractivity contribution in [3.63, 3.8) is 0 Å². The van der Waals surface area contributed by atoms with E-state index >= 15 is 0 Å². The van der Waals surface area contributed by atoms with E-state index in [1.165, 1.54) is 18.4 Å². The van der Waals surface area contributed by atoms with Crippen molar-refractivity contribution in [3.8, 4) is 0 Å². The molecule has 2 aliphatic heterocycles. The summed E-state index contributed by atoms with van der Waals surface area (Å²) in [4.78, 5) is 10.5. The van der Waals surface area contributed by atoms with Crippen molar-refractivity contribution in [3.05, 3.63) is 48.0 Å². The molecule has 3 nitrogen and oxygen atoms in total. The lowest BCUT2D eigenvalue weighted by atomic mass is 9.86. The number of ether oxygens (including phenoxy) is 1. The summed E-state index contributed by atoms with van der Waals surface area (Å²) in [6, 6.07) is 10.7. The molecule has 0 spiro atoms. The average molecular weight is 361 g/mol. The van der Waals surface area contributed by atoms with E-state index in [9.17, 15) is 4.79 Å². The van der Waals surface area contributed by atoms with Crippen molar-refractivity contribution in [2.24, 2.45) is 5.92 Å². The van der Waals surface area contributed by atoms with Crippen LogP contribution in [0.25, 0.3) is 0 Å². The predicted molar refractivity (Wildman–Crippen MR) is 103 cm³/mol. The molecule has 0 aromatic heterocycles. The quantitative estimate of drug-likeness (QED) is 0.485. The van der Waals surface area contributed by atoms with Crippen LogP contribution in [0.1, 0.15) is 44.1 Å². The molecule has 0 radical (unpaired) electrons. The fourth-order valence-electron chi connectivity index (χ4n) is 3.95. The monoisotopic (exact) mass is 360 g/mol. The molecule has 1 N–H and O–H groups in total. The Hall–Kier alpha value is -1.26. The number of benzene rings is 1. The van der Waals surface area contributed by atoms with Crippen molar-refractivity contribution in [1.29, 1.82) is 0 Å². The van der Waals surface area contributed by atoms with Crippen molar-refractivity contribution >= 4 is 17.7 Å². The maximum absolute atomic E-state index is 10.5. The normalized spacial score (nSPS) is 28.0. The van der Waals surface area contributed by atoms with Crippen LogP contribution in [0, 0.1) is 5.92 Å². The van der Waals surface area contributed by atoms with E-state index < -0.39 is 5.97 Å². The summed E-state index contributed by atoms with van der Waals surface area (Å²) in [7, 11) is 0. The van der Waals surface area contributed by atoms with Gasteiger partial charge in [0.15, 0.2) is 0 Å². The Morgan fingerprint density at radius 3 is 2.80 bits per heavy atom. The second kappa shape index (κ2) is 9.44. The molecule has 2 saturated heterocycles. The minimum atomic E-state index is -0.704. The first-order chi connectivity index (χ1) is 12.2. The molecule has 2 heterocycles. The van der Waals surface area contributed by atoms with Gasteiger partial charge in [-0.15, -0.1) is 0 Å². The van der Waals surface area contributed by atoms with Crippen LogP contribution in [-0.2, 0) is 16.0 Å². The van der Waals surface area contributed by atoms with E-state index in [0.717, 1.165) is 31.4 Å². The Morgan fingerprint density at radius 1 is 1.20 bits per heavy atom. The van der Waals surface area contributed by atoms with Crippen LogP contribution >= 0.6 is 11.8 Å². The van der Waals surface area contributed by atoms with Crippen molar-refractivity contribution in [2.45, 2.75) is 62.4 Å². The number of aliphatic carboxylic acids is 1. The Balaban J connectivity index is 1.43. The van der Waals surface area contributed by atoms with E-state index in [1.54, 1.807) is 0 Å². The zero-order chi connectivity index (χ0) is 17.5. The molecule has 136 valence electrons. The number of rotatable bonds is 10. The summed E-state index contributed by atoms with van der Waals surface area (Å²) in [5.41, 5.74) is 1.41. The molecule has 1 aromatic carbocycles. The number of thioether (sulfide) groups is 1. The number of fused-ring (bicyclic) bond motifs is 2. The maximum atomic E-state index is 10.5. The van der Waals surface area contributed by atoms with Gasteiger partial charge in [0, 0.05) is 17.6 Å². The molecular formula is C21H28O3S. The van der Waals surface area contributed by atoms with E-state index in [-0.39, 0.29) is 6.42 Å². The molecular weight excluding hydrogens is 332 g/mol. The van der Waals surface area contributed by atoms with Crippen molar-refractivity contribution in [2.75, 3.05) is 5.75 Å². The fourth-order valence-corrected chi connectivity index (χ4v) is 5.52. The van der Waals surface area contributed by atoms with Gasteiger partial charge in [0.25, 0.3) is 0 Å². The summed E-state index contributed by atoms with van der Waals surface area (Å²) in [5.74, 6) is 1.07. The van der Waals surface area contributed by atoms with Gasteiger partial charge in [0.1, 0.15) is 0 Å². The van der Waals surface area contributed by atoms with Gasteiger partial charge in [-0.3, -0.25) is 4.79 Å². The number of allylic oxidation sites excluding steroid dienone is 2. The first-order valence-electron chi connectivity index (χ1n) is 9.42. The highest BCUT2D eigenvalue weighted by molar-refractivity contribution is 8.00. The largest absolute Gasteiger partial charge is 0.481 e. The van der Waals surface area contributed by atoms with Gasteiger partial charge in [-0.1, -0.05) is 42.5 Å². The highest BCUT2D eigenvalue weighted by atomic mass is 32.2. The summed E-state index contributed by atoms with van der Waals surface area (Å²) in [5, 5.41) is 9.29. The van der Waals surface area contributed by atoms with Gasteiger partial charge in [-0.05, 0) is 49.8 Å². The van der Waals surface area contributed by atoms with Gasteiger partial charge in [0.2, 0.25) is 0 Å². The molecule has 3 rings (SSSR count). The average Bonchev–Trinajstić information content (AvgIpc) is 3.21. The zero-order valence-electron chi connectivity index (χ0n) is 14.7. The molecule has 2 fully saturated rings. The minimum absolute atomic E-state index is 0.263. The van der Waals surface area contributed by atoms with Gasteiger partial charge in [-0.25, -0.2) is 0 Å². The first-order valence-corrected chi connectivity index (χ1v) is 10.5. The number of aryl methyl sites for hydroxylation is 1. The van der Waals surface area contributed by atoms with Crippen molar-refractivity contribution in [1.82, 2.24) is 0 Å². The van der Waals surface area contributed by atoms with E-state index in [1.807, 2.05) is 0 Å². The third-order valence-corrected chi connectivity index (χ3v) is 6.71. The van der Waals surface area contributed by atoms with Crippen LogP contribution in [0.15, 0.2) is 42.5 Å². The number of carbonyl (C=O) groups is 1. The second-order valence-electron chi connectivity index (χ2n) is 7.02. The number of unbranched alkanes of at least 4 members (excludes halogenated alkanes) is 1. The molecule has 1 aromatic rings. The SMILES string of the molecule is O=C(O)CCCC=CC[C@@H]1[C@H](SCCc2ccccc2)[C@@H]2CC[C@H]1O2. The maximum Gasteiger partial charge on any atom is 0.303 e. The van der Waals surface area contributed by atoms with Crippen LogP contribution in [0.2, 0.25) is 0 Å². The van der Waals surface area contributed by atoms with Crippen LogP contribution in [0.4, 0.5) is 0 Å². The van der Waals surface area contributed by atoms with Crippen LogP contribution < -0.4 is 0 Å². The first kappa shape index (κ1) is 18.5. The Labute approximate surface area is 154 Å². The second-order valence-corrected chi connectivity index (χ2v) is 8.30. The highest BCUT2D eigenvalue weighted by Crippen LogP contribution is 2.46. The van der Waals surface area contributed by atoms with Gasteiger partial charge in [0.05, 0.1) is 12.2 Å². The number of carboxylic acid groups (broad SMARTS) is 1. The third kappa shape index (κ3) is 5.35. The summed E-state index contributed by atoms with van der Waals surface area (Å²) >= 11 is 2.09. The molecule has 0 unspecified atom stereocenters. The van der Waals surface area contributed by atoms with Crippen molar-refractivity contribution < 1.29 is 14.6 Å². The van der Waals surface area contributed by atoms with E-state index in [0.29, 0.717) is 23.4 Å². The summed E-state index contributed by atoms with van der Waals surface area (Å²) < 4.78 is 6.18. The third-order valence-electron chi connectivity index (χ3n) is 5.23. The van der Waals surface area contributed by atoms with Crippen LogP contribution in [0.3, 0.4) is 0 Å². The Bertz CT molecular complexity index is 572. The summed E-state index contributed by atoms with van der Waals surface area (Å²) in [6.45, 7) is 0. The fraction of sp³-hybridized carbons (Fsp3) is 0.571. The lowest BCUT2D eigenvalue weighted by Gasteiger charge is -2.26. The number of hydrogen-bond donors (Lipinski definition) is 1. The molecule has 0 saturated carbocycles. The molecule has 25 heavy (non-hydrogen) atoms. The van der Waals surface area contributed by atoms with Crippen LogP contribution in [0.5, 0.6) is 0 Å². The Kier molecular flexibility index (Phi) is 7.00. The van der Waals surface area contributed by atoms with Gasteiger partial charge >= 0.3 is 5.97 Å². The molecule has 2 bridgehead atoms. The summed E-state index contributed by atoms with van der Waals surface area (Å²) in [6.07, 6.45) is 11.7. The van der Waals surface area contributed by atoms with Gasteiger partial charge < -0.3 is 9.84 Å². The number of hydrogen-bond acceptors (Lipinski definition) is 3. The smallest absolute Gasteiger partial charge is 0.303 e. The molecule has 4 atom stereocenters. The van der Waals surface area contributed by atoms with Gasteiger partial charge in [-0.2, -0.15) is 11.8 Å². The highest BCUT2D eigenvalue weighted by Gasteiger charge is 2.48. The number of carboxylic acids is 1. The van der Waals surface area contributed by atoms with E-state index in [4.69, 9.17) is 9.84 Å². The zero-order valence-corrected chi connectivity index (χ0v) is 15.5. The molecule has 2 aliphatic rings. The lowest BCUT2D eigenvalue weighted by molar-refractivity contribution is -0.137. The van der Waals surface area contributed by atoms with E-state index in [2.05, 4.69) is 54.2 Å². The Morgan fingerprint density at radius 2 is 2.00 bits per heavy atom. The molecule has 0 aliphatic carbocycles. The lowest BCUT2D eigenvalue weighted by Crippen LogP contribution is -2.29. The van der Waals surface area contributed by atoms with Crippen LogP contribution in [-0.4, -0.2) is 34.3 Å².